The lowest BCUT2D eigenvalue weighted by Gasteiger charge is -2.06. The van der Waals surface area contributed by atoms with Gasteiger partial charge in [0.15, 0.2) is 6.10 Å². The molecule has 1 fully saturated rings. The molecule has 1 saturated heterocycles. The van der Waals surface area contributed by atoms with Gasteiger partial charge in [-0.2, -0.15) is 0 Å². The average Bonchev–Trinajstić information content (AvgIpc) is 3.13. The molecule has 0 N–H and O–H groups in total. The lowest BCUT2D eigenvalue weighted by molar-refractivity contribution is -0.145. The van der Waals surface area contributed by atoms with Crippen molar-refractivity contribution >= 4 is 5.97 Å². The average molecular weight is 262 g/mol. The van der Waals surface area contributed by atoms with Gasteiger partial charge in [0.25, 0.3) is 0 Å². The molecule has 0 aliphatic carbocycles. The van der Waals surface area contributed by atoms with Crippen LogP contribution in [0.3, 0.4) is 0 Å². The van der Waals surface area contributed by atoms with Crippen LogP contribution in [0.4, 0.5) is 0 Å². The van der Waals surface area contributed by atoms with E-state index in [0.717, 1.165) is 18.4 Å². The number of hydrogen-bond donors (Lipinski definition) is 0. The number of rotatable bonds is 7. The smallest absolute Gasteiger partial charge is 0.338 e. The minimum atomic E-state index is -0.498. The molecule has 1 heterocycles. The van der Waals surface area contributed by atoms with E-state index in [1.807, 2.05) is 37.3 Å². The Balaban J connectivity index is 1.77. The van der Waals surface area contributed by atoms with Gasteiger partial charge in [-0.05, 0) is 18.9 Å². The first-order valence-corrected chi connectivity index (χ1v) is 7.08. The van der Waals surface area contributed by atoms with Crippen LogP contribution < -0.4 is 0 Å². The highest BCUT2D eigenvalue weighted by atomic mass is 16.7. The SMILES string of the molecule is CCCCCCOC(=O)[C@@H]1O[C@]1(C)c1ccccc1. The van der Waals surface area contributed by atoms with E-state index in [2.05, 4.69) is 6.92 Å². The minimum Gasteiger partial charge on any atom is -0.464 e. The van der Waals surface area contributed by atoms with Crippen LogP contribution in [0, 0.1) is 0 Å². The molecule has 0 saturated carbocycles. The highest BCUT2D eigenvalue weighted by Crippen LogP contribution is 2.46. The van der Waals surface area contributed by atoms with E-state index >= 15 is 0 Å². The normalized spacial score (nSPS) is 25.1. The fraction of sp³-hybridized carbons (Fsp3) is 0.562. The summed E-state index contributed by atoms with van der Waals surface area (Å²) in [5.74, 6) is -0.233. The topological polar surface area (TPSA) is 38.8 Å². The fourth-order valence-corrected chi connectivity index (χ4v) is 2.25. The van der Waals surface area contributed by atoms with Crippen molar-refractivity contribution in [3.8, 4) is 0 Å². The summed E-state index contributed by atoms with van der Waals surface area (Å²) >= 11 is 0. The van der Waals surface area contributed by atoms with Crippen LogP contribution in [0.25, 0.3) is 0 Å². The molecule has 2 atom stereocenters. The van der Waals surface area contributed by atoms with Crippen molar-refractivity contribution in [2.75, 3.05) is 6.61 Å². The molecule has 104 valence electrons. The summed E-state index contributed by atoms with van der Waals surface area (Å²) in [5, 5.41) is 0. The first-order chi connectivity index (χ1) is 9.18. The van der Waals surface area contributed by atoms with Crippen molar-refractivity contribution in [2.24, 2.45) is 0 Å². The summed E-state index contributed by atoms with van der Waals surface area (Å²) in [4.78, 5) is 11.9. The number of carbonyl (C=O) groups excluding carboxylic acids is 1. The molecule has 2 rings (SSSR count). The monoisotopic (exact) mass is 262 g/mol. The van der Waals surface area contributed by atoms with Crippen LogP contribution in [-0.2, 0) is 19.9 Å². The van der Waals surface area contributed by atoms with Gasteiger partial charge in [-0.15, -0.1) is 0 Å². The van der Waals surface area contributed by atoms with Crippen LogP contribution in [-0.4, -0.2) is 18.7 Å². The number of epoxide rings is 1. The zero-order chi connectivity index (χ0) is 13.7. The van der Waals surface area contributed by atoms with Gasteiger partial charge in [-0.3, -0.25) is 0 Å². The third kappa shape index (κ3) is 3.35. The van der Waals surface area contributed by atoms with Gasteiger partial charge in [0.2, 0.25) is 0 Å². The van der Waals surface area contributed by atoms with E-state index in [0.29, 0.717) is 6.61 Å². The van der Waals surface area contributed by atoms with E-state index in [-0.39, 0.29) is 5.97 Å². The van der Waals surface area contributed by atoms with Crippen molar-refractivity contribution in [3.05, 3.63) is 35.9 Å². The van der Waals surface area contributed by atoms with Crippen LogP contribution in [0.2, 0.25) is 0 Å². The number of unbranched alkanes of at least 4 members (excludes halogenated alkanes) is 3. The maximum Gasteiger partial charge on any atom is 0.338 e. The molecule has 0 radical (unpaired) electrons. The molecular formula is C16H22O3. The van der Waals surface area contributed by atoms with Gasteiger partial charge >= 0.3 is 5.97 Å². The van der Waals surface area contributed by atoms with Crippen molar-refractivity contribution in [3.63, 3.8) is 0 Å². The van der Waals surface area contributed by atoms with Gasteiger partial charge in [-0.25, -0.2) is 4.79 Å². The summed E-state index contributed by atoms with van der Waals surface area (Å²) in [6.45, 7) is 4.60. The fourth-order valence-electron chi connectivity index (χ4n) is 2.25. The van der Waals surface area contributed by atoms with Crippen LogP contribution in [0.15, 0.2) is 30.3 Å². The molecule has 0 unspecified atom stereocenters. The Morgan fingerprint density at radius 1 is 1.26 bits per heavy atom. The Morgan fingerprint density at radius 3 is 2.68 bits per heavy atom. The van der Waals surface area contributed by atoms with Gasteiger partial charge in [0.05, 0.1) is 6.61 Å². The molecule has 19 heavy (non-hydrogen) atoms. The summed E-state index contributed by atoms with van der Waals surface area (Å²) < 4.78 is 10.8. The number of esters is 1. The summed E-state index contributed by atoms with van der Waals surface area (Å²) in [5.41, 5.74) is 0.532. The van der Waals surface area contributed by atoms with Crippen LogP contribution in [0.5, 0.6) is 0 Å². The lowest BCUT2D eigenvalue weighted by Crippen LogP contribution is -2.19. The Hall–Kier alpha value is -1.35. The van der Waals surface area contributed by atoms with Crippen molar-refractivity contribution in [1.29, 1.82) is 0 Å². The zero-order valence-corrected chi connectivity index (χ0v) is 11.7. The van der Waals surface area contributed by atoms with E-state index in [1.165, 1.54) is 12.8 Å². The molecule has 3 heteroatoms. The number of ether oxygens (including phenoxy) is 2. The van der Waals surface area contributed by atoms with Gasteiger partial charge in [0, 0.05) is 0 Å². The molecule has 1 aliphatic rings. The molecule has 3 nitrogen and oxygen atoms in total. The Labute approximate surface area is 114 Å². The second kappa shape index (κ2) is 6.20. The summed E-state index contributed by atoms with van der Waals surface area (Å²) in [6.07, 6.45) is 3.99. The van der Waals surface area contributed by atoms with Gasteiger partial charge in [-0.1, -0.05) is 56.5 Å². The molecule has 1 aromatic carbocycles. The van der Waals surface area contributed by atoms with Crippen LogP contribution in [0.1, 0.15) is 45.1 Å². The highest BCUT2D eigenvalue weighted by molar-refractivity contribution is 5.79. The Bertz CT molecular complexity index is 415. The van der Waals surface area contributed by atoms with E-state index in [1.54, 1.807) is 0 Å². The quantitative estimate of drug-likeness (QED) is 0.429. The number of hydrogen-bond acceptors (Lipinski definition) is 3. The second-order valence-electron chi connectivity index (χ2n) is 5.20. The Morgan fingerprint density at radius 2 is 2.00 bits per heavy atom. The van der Waals surface area contributed by atoms with E-state index in [4.69, 9.17) is 9.47 Å². The van der Waals surface area contributed by atoms with Crippen molar-refractivity contribution in [1.82, 2.24) is 0 Å². The predicted molar refractivity (Wildman–Crippen MR) is 73.8 cm³/mol. The van der Waals surface area contributed by atoms with Gasteiger partial charge in [0.1, 0.15) is 5.60 Å². The minimum absolute atomic E-state index is 0.233. The van der Waals surface area contributed by atoms with Gasteiger partial charge < -0.3 is 9.47 Å². The standard InChI is InChI=1S/C16H22O3/c1-3-4-5-9-12-18-15(17)14-16(2,19-14)13-10-7-6-8-11-13/h6-8,10-11,14H,3-5,9,12H2,1-2H3/t14-,16+/m0/s1. The molecule has 1 aliphatic heterocycles. The molecular weight excluding hydrogens is 240 g/mol. The maximum atomic E-state index is 11.9. The number of benzene rings is 1. The maximum absolute atomic E-state index is 11.9. The van der Waals surface area contributed by atoms with E-state index in [9.17, 15) is 4.79 Å². The Kier molecular flexibility index (Phi) is 4.59. The molecule has 0 spiro atoms. The summed E-state index contributed by atoms with van der Waals surface area (Å²) in [7, 11) is 0. The third-order valence-corrected chi connectivity index (χ3v) is 3.61. The second-order valence-corrected chi connectivity index (χ2v) is 5.20. The molecule has 1 aromatic rings. The third-order valence-electron chi connectivity index (χ3n) is 3.61. The first kappa shape index (κ1) is 14.1. The molecule has 0 bridgehead atoms. The zero-order valence-electron chi connectivity index (χ0n) is 11.7. The van der Waals surface area contributed by atoms with E-state index < -0.39 is 11.7 Å². The van der Waals surface area contributed by atoms with Crippen LogP contribution >= 0.6 is 0 Å². The molecule has 0 amide bonds. The van der Waals surface area contributed by atoms with Crippen molar-refractivity contribution < 1.29 is 14.3 Å². The first-order valence-electron chi connectivity index (χ1n) is 7.08. The predicted octanol–water partition coefficient (Wildman–Crippen LogP) is 3.42. The lowest BCUT2D eigenvalue weighted by atomic mass is 9.97. The van der Waals surface area contributed by atoms with Crippen molar-refractivity contribution in [2.45, 2.75) is 51.2 Å². The number of carbonyl (C=O) groups is 1. The molecule has 0 aromatic heterocycles. The highest BCUT2D eigenvalue weighted by Gasteiger charge is 2.59. The summed E-state index contributed by atoms with van der Waals surface area (Å²) in [6, 6.07) is 9.82. The largest absolute Gasteiger partial charge is 0.464 e.